The number of amides is 1. The lowest BCUT2D eigenvalue weighted by Gasteiger charge is -2.15. The van der Waals surface area contributed by atoms with Gasteiger partial charge < -0.3 is 13.7 Å². The van der Waals surface area contributed by atoms with Crippen molar-refractivity contribution >= 4 is 32.8 Å². The number of hydrogen-bond acceptors (Lipinski definition) is 3. The van der Waals surface area contributed by atoms with Crippen LogP contribution in [0.3, 0.4) is 0 Å². The maximum absolute atomic E-state index is 12.4. The van der Waals surface area contributed by atoms with E-state index >= 15 is 0 Å². The van der Waals surface area contributed by atoms with Gasteiger partial charge in [-0.15, -0.1) is 0 Å². The van der Waals surface area contributed by atoms with Crippen LogP contribution >= 0.6 is 15.9 Å². The van der Waals surface area contributed by atoms with Crippen molar-refractivity contribution in [2.75, 3.05) is 7.05 Å². The number of fused-ring (bicyclic) bond motifs is 1. The molecule has 0 unspecified atom stereocenters. The third kappa shape index (κ3) is 2.68. The zero-order valence-corrected chi connectivity index (χ0v) is 14.0. The molecule has 0 saturated heterocycles. The zero-order chi connectivity index (χ0) is 15.7. The summed E-state index contributed by atoms with van der Waals surface area (Å²) >= 11 is 3.21. The second-order valence-corrected chi connectivity index (χ2v) is 5.90. The van der Waals surface area contributed by atoms with Gasteiger partial charge in [0, 0.05) is 31.0 Å². The lowest BCUT2D eigenvalue weighted by Crippen LogP contribution is -2.26. The van der Waals surface area contributed by atoms with Gasteiger partial charge in [0.15, 0.2) is 10.4 Å². The summed E-state index contributed by atoms with van der Waals surface area (Å²) in [5.41, 5.74) is 1.91. The van der Waals surface area contributed by atoms with Crippen molar-refractivity contribution in [3.63, 3.8) is 0 Å². The van der Waals surface area contributed by atoms with E-state index in [1.54, 1.807) is 24.1 Å². The summed E-state index contributed by atoms with van der Waals surface area (Å²) < 4.78 is 11.7. The molecule has 0 spiro atoms. The fourth-order valence-corrected chi connectivity index (χ4v) is 2.84. The van der Waals surface area contributed by atoms with Gasteiger partial charge in [0.05, 0.1) is 0 Å². The second kappa shape index (κ2) is 6.01. The average molecular weight is 362 g/mol. The maximum atomic E-state index is 12.4. The minimum Gasteiger partial charge on any atom is -0.461 e. The van der Waals surface area contributed by atoms with Gasteiger partial charge in [0.25, 0.3) is 5.91 Å². The molecule has 4 nitrogen and oxygen atoms in total. The van der Waals surface area contributed by atoms with Crippen LogP contribution < -0.4 is 0 Å². The number of rotatable bonds is 4. The highest BCUT2D eigenvalue weighted by molar-refractivity contribution is 9.10. The summed E-state index contributed by atoms with van der Waals surface area (Å²) in [6.07, 6.45) is 0.790. The number of carbonyl (C=O) groups is 1. The van der Waals surface area contributed by atoms with E-state index in [2.05, 4.69) is 15.9 Å². The fourth-order valence-electron chi connectivity index (χ4n) is 2.53. The van der Waals surface area contributed by atoms with Crippen molar-refractivity contribution in [3.05, 3.63) is 58.2 Å². The standard InChI is InChI=1S/C17H16BrNO3/c1-3-13-12(11-6-4-5-7-14(11)21-13)10-19(2)17(20)15-8-9-16(18)22-15/h4-9H,3,10H2,1-2H3. The van der Waals surface area contributed by atoms with Crippen molar-refractivity contribution in [2.45, 2.75) is 19.9 Å². The second-order valence-electron chi connectivity index (χ2n) is 5.12. The van der Waals surface area contributed by atoms with E-state index in [-0.39, 0.29) is 5.91 Å². The van der Waals surface area contributed by atoms with E-state index in [0.717, 1.165) is 28.7 Å². The first-order chi connectivity index (χ1) is 10.6. The SMILES string of the molecule is CCc1oc2ccccc2c1CN(C)C(=O)c1ccc(Br)o1. The molecule has 114 valence electrons. The van der Waals surface area contributed by atoms with Crippen LogP contribution in [0.5, 0.6) is 0 Å². The Morgan fingerprint density at radius 2 is 1.95 bits per heavy atom. The molecule has 1 amide bonds. The molecule has 0 atom stereocenters. The third-order valence-electron chi connectivity index (χ3n) is 3.63. The van der Waals surface area contributed by atoms with Gasteiger partial charge in [0.2, 0.25) is 0 Å². The molecular formula is C17H16BrNO3. The molecule has 2 heterocycles. The predicted octanol–water partition coefficient (Wildman–Crippen LogP) is 4.62. The quantitative estimate of drug-likeness (QED) is 0.680. The minimum atomic E-state index is -0.155. The molecule has 5 heteroatoms. The van der Waals surface area contributed by atoms with Gasteiger partial charge in [-0.3, -0.25) is 4.79 Å². The maximum Gasteiger partial charge on any atom is 0.289 e. The van der Waals surface area contributed by atoms with Gasteiger partial charge >= 0.3 is 0 Å². The normalized spacial score (nSPS) is 11.0. The fraction of sp³-hybridized carbons (Fsp3) is 0.235. The van der Waals surface area contributed by atoms with Crippen molar-refractivity contribution in [3.8, 4) is 0 Å². The van der Waals surface area contributed by atoms with Crippen LogP contribution in [0, 0.1) is 0 Å². The number of halogens is 1. The molecule has 22 heavy (non-hydrogen) atoms. The highest BCUT2D eigenvalue weighted by atomic mass is 79.9. The van der Waals surface area contributed by atoms with Crippen LogP contribution in [0.25, 0.3) is 11.0 Å². The van der Waals surface area contributed by atoms with E-state index in [0.29, 0.717) is 17.0 Å². The molecule has 0 aliphatic rings. The number of hydrogen-bond donors (Lipinski definition) is 0. The Morgan fingerprint density at radius 3 is 2.64 bits per heavy atom. The molecule has 0 aliphatic heterocycles. The first-order valence-electron chi connectivity index (χ1n) is 7.10. The van der Waals surface area contributed by atoms with Crippen LogP contribution in [-0.2, 0) is 13.0 Å². The Labute approximate surface area is 136 Å². The predicted molar refractivity (Wildman–Crippen MR) is 87.8 cm³/mol. The molecule has 0 fully saturated rings. The number of nitrogens with zero attached hydrogens (tertiary/aromatic N) is 1. The molecule has 1 aromatic carbocycles. The molecule has 0 aliphatic carbocycles. The van der Waals surface area contributed by atoms with Gasteiger partial charge in [-0.25, -0.2) is 0 Å². The van der Waals surface area contributed by atoms with E-state index in [1.807, 2.05) is 31.2 Å². The van der Waals surface area contributed by atoms with E-state index in [1.165, 1.54) is 0 Å². The Balaban J connectivity index is 1.90. The lowest BCUT2D eigenvalue weighted by molar-refractivity contribution is 0.0752. The number of benzene rings is 1. The number of furan rings is 2. The molecule has 0 radical (unpaired) electrons. The van der Waals surface area contributed by atoms with Crippen LogP contribution in [0.4, 0.5) is 0 Å². The van der Waals surface area contributed by atoms with Gasteiger partial charge in [0.1, 0.15) is 11.3 Å². The highest BCUT2D eigenvalue weighted by Gasteiger charge is 2.20. The molecule has 0 bridgehead atoms. The van der Waals surface area contributed by atoms with Crippen molar-refractivity contribution in [2.24, 2.45) is 0 Å². The molecule has 0 N–H and O–H groups in total. The number of carbonyl (C=O) groups excluding carboxylic acids is 1. The first kappa shape index (κ1) is 14.9. The number of para-hydroxylation sites is 1. The highest BCUT2D eigenvalue weighted by Crippen LogP contribution is 2.27. The topological polar surface area (TPSA) is 46.6 Å². The summed E-state index contributed by atoms with van der Waals surface area (Å²) in [5.74, 6) is 1.08. The van der Waals surface area contributed by atoms with Crippen LogP contribution in [-0.4, -0.2) is 17.9 Å². The Hall–Kier alpha value is -2.01. The lowest BCUT2D eigenvalue weighted by atomic mass is 10.1. The van der Waals surface area contributed by atoms with E-state index < -0.39 is 0 Å². The molecule has 0 saturated carbocycles. The molecule has 2 aromatic heterocycles. The summed E-state index contributed by atoms with van der Waals surface area (Å²) in [6.45, 7) is 2.53. The van der Waals surface area contributed by atoms with Crippen LogP contribution in [0.15, 0.2) is 49.9 Å². The molecule has 3 rings (SSSR count). The van der Waals surface area contributed by atoms with Gasteiger partial charge in [-0.05, 0) is 34.1 Å². The Morgan fingerprint density at radius 1 is 1.18 bits per heavy atom. The summed E-state index contributed by atoms with van der Waals surface area (Å²) in [7, 11) is 1.76. The van der Waals surface area contributed by atoms with E-state index in [4.69, 9.17) is 8.83 Å². The monoisotopic (exact) mass is 361 g/mol. The van der Waals surface area contributed by atoms with Gasteiger partial charge in [-0.2, -0.15) is 0 Å². The largest absolute Gasteiger partial charge is 0.461 e. The number of aryl methyl sites for hydroxylation is 1. The van der Waals surface area contributed by atoms with Crippen LogP contribution in [0.2, 0.25) is 0 Å². The smallest absolute Gasteiger partial charge is 0.289 e. The molecule has 3 aromatic rings. The van der Waals surface area contributed by atoms with Crippen molar-refractivity contribution < 1.29 is 13.6 Å². The molecular weight excluding hydrogens is 346 g/mol. The van der Waals surface area contributed by atoms with Crippen LogP contribution in [0.1, 0.15) is 28.8 Å². The minimum absolute atomic E-state index is 0.155. The van der Waals surface area contributed by atoms with E-state index in [9.17, 15) is 4.79 Å². The average Bonchev–Trinajstić information content (AvgIpc) is 3.10. The Bertz CT molecular complexity index is 818. The summed E-state index contributed by atoms with van der Waals surface area (Å²) in [6, 6.07) is 11.3. The van der Waals surface area contributed by atoms with Crippen molar-refractivity contribution in [1.29, 1.82) is 0 Å². The summed E-state index contributed by atoms with van der Waals surface area (Å²) in [5, 5.41) is 1.06. The van der Waals surface area contributed by atoms with Crippen molar-refractivity contribution in [1.82, 2.24) is 4.90 Å². The first-order valence-corrected chi connectivity index (χ1v) is 7.89. The van der Waals surface area contributed by atoms with Gasteiger partial charge in [-0.1, -0.05) is 25.1 Å². The zero-order valence-electron chi connectivity index (χ0n) is 12.4. The Kier molecular flexibility index (Phi) is 4.07. The third-order valence-corrected chi connectivity index (χ3v) is 4.06. The summed E-state index contributed by atoms with van der Waals surface area (Å²) in [4.78, 5) is 14.0.